The highest BCUT2D eigenvalue weighted by Gasteiger charge is 2.27. The molecule has 1 unspecified atom stereocenters. The SMILES string of the molecule is COc1ccc(-c2nc(C)c(C(=O)N3CCCCC3C)s2)cc1OC. The maximum atomic E-state index is 13.0. The Bertz CT molecular complexity index is 772. The fourth-order valence-corrected chi connectivity index (χ4v) is 4.24. The minimum absolute atomic E-state index is 0.105. The number of benzene rings is 1. The maximum absolute atomic E-state index is 13.0. The maximum Gasteiger partial charge on any atom is 0.266 e. The Hall–Kier alpha value is -2.08. The highest BCUT2D eigenvalue weighted by atomic mass is 32.1. The number of aryl methyl sites for hydroxylation is 1. The van der Waals surface area contributed by atoms with Gasteiger partial charge in [-0.3, -0.25) is 4.79 Å². The molecule has 1 aliphatic rings. The van der Waals surface area contributed by atoms with Crippen molar-refractivity contribution >= 4 is 17.2 Å². The van der Waals surface area contributed by atoms with E-state index in [0.717, 1.165) is 40.5 Å². The zero-order valence-corrected chi connectivity index (χ0v) is 16.0. The second-order valence-corrected chi connectivity index (χ2v) is 7.35. The van der Waals surface area contributed by atoms with Gasteiger partial charge in [0.1, 0.15) is 9.88 Å². The Morgan fingerprint density at radius 2 is 2.00 bits per heavy atom. The summed E-state index contributed by atoms with van der Waals surface area (Å²) in [6, 6.07) is 6.00. The molecule has 0 aliphatic carbocycles. The number of nitrogens with zero attached hydrogens (tertiary/aromatic N) is 2. The van der Waals surface area contributed by atoms with Gasteiger partial charge in [-0.15, -0.1) is 11.3 Å². The number of thiazole rings is 1. The molecule has 0 bridgehead atoms. The molecule has 3 rings (SSSR count). The van der Waals surface area contributed by atoms with Crippen LogP contribution in [0.15, 0.2) is 18.2 Å². The van der Waals surface area contributed by atoms with Gasteiger partial charge in [-0.25, -0.2) is 4.98 Å². The molecule has 1 saturated heterocycles. The summed E-state index contributed by atoms with van der Waals surface area (Å²) in [4.78, 5) is 20.3. The van der Waals surface area contributed by atoms with Crippen LogP contribution in [0.2, 0.25) is 0 Å². The number of carbonyl (C=O) groups excluding carboxylic acids is 1. The van der Waals surface area contributed by atoms with E-state index in [2.05, 4.69) is 11.9 Å². The third-order valence-corrected chi connectivity index (χ3v) is 5.88. The van der Waals surface area contributed by atoms with E-state index in [1.54, 1.807) is 14.2 Å². The van der Waals surface area contributed by atoms with E-state index in [9.17, 15) is 4.79 Å². The van der Waals surface area contributed by atoms with E-state index in [1.807, 2.05) is 30.0 Å². The van der Waals surface area contributed by atoms with Crippen LogP contribution in [0.3, 0.4) is 0 Å². The molecule has 5 nitrogen and oxygen atoms in total. The van der Waals surface area contributed by atoms with Crippen molar-refractivity contribution < 1.29 is 14.3 Å². The smallest absolute Gasteiger partial charge is 0.266 e. The van der Waals surface area contributed by atoms with E-state index < -0.39 is 0 Å². The van der Waals surface area contributed by atoms with Crippen molar-refractivity contribution in [3.05, 3.63) is 28.8 Å². The number of amides is 1. The van der Waals surface area contributed by atoms with Gasteiger partial charge in [0, 0.05) is 18.2 Å². The van der Waals surface area contributed by atoms with Gasteiger partial charge in [-0.2, -0.15) is 0 Å². The number of piperidine rings is 1. The van der Waals surface area contributed by atoms with Gasteiger partial charge in [-0.05, 0) is 51.3 Å². The highest BCUT2D eigenvalue weighted by Crippen LogP contribution is 2.35. The van der Waals surface area contributed by atoms with Crippen LogP contribution < -0.4 is 9.47 Å². The van der Waals surface area contributed by atoms with E-state index in [1.165, 1.54) is 17.8 Å². The topological polar surface area (TPSA) is 51.7 Å². The van der Waals surface area contributed by atoms with Crippen molar-refractivity contribution in [1.29, 1.82) is 0 Å². The Morgan fingerprint density at radius 1 is 1.24 bits per heavy atom. The number of ether oxygens (including phenoxy) is 2. The van der Waals surface area contributed by atoms with E-state index in [0.29, 0.717) is 17.5 Å². The van der Waals surface area contributed by atoms with Crippen molar-refractivity contribution in [1.82, 2.24) is 9.88 Å². The van der Waals surface area contributed by atoms with Crippen molar-refractivity contribution in [2.45, 2.75) is 39.2 Å². The first-order valence-electron chi connectivity index (χ1n) is 8.56. The molecule has 2 heterocycles. The molecule has 0 radical (unpaired) electrons. The summed E-state index contributed by atoms with van der Waals surface area (Å²) >= 11 is 1.45. The van der Waals surface area contributed by atoms with Crippen LogP contribution in [-0.2, 0) is 0 Å². The summed E-state index contributed by atoms with van der Waals surface area (Å²) in [6.45, 7) is 4.87. The van der Waals surface area contributed by atoms with Gasteiger partial charge in [0.05, 0.1) is 19.9 Å². The Morgan fingerprint density at radius 3 is 2.68 bits per heavy atom. The number of likely N-dealkylation sites (tertiary alicyclic amines) is 1. The molecule has 0 spiro atoms. The molecule has 1 aromatic carbocycles. The van der Waals surface area contributed by atoms with Gasteiger partial charge < -0.3 is 14.4 Å². The number of rotatable bonds is 4. The molecule has 1 amide bonds. The molecule has 1 aromatic heterocycles. The van der Waals surface area contributed by atoms with Gasteiger partial charge in [0.2, 0.25) is 0 Å². The number of hydrogen-bond acceptors (Lipinski definition) is 5. The Labute approximate surface area is 152 Å². The zero-order valence-electron chi connectivity index (χ0n) is 15.2. The lowest BCUT2D eigenvalue weighted by molar-refractivity contribution is 0.0639. The summed E-state index contributed by atoms with van der Waals surface area (Å²) in [7, 11) is 3.23. The summed E-state index contributed by atoms with van der Waals surface area (Å²) in [5.41, 5.74) is 1.72. The zero-order chi connectivity index (χ0) is 18.0. The highest BCUT2D eigenvalue weighted by molar-refractivity contribution is 7.17. The monoisotopic (exact) mass is 360 g/mol. The molecular formula is C19H24N2O3S. The first kappa shape index (κ1) is 17.7. The van der Waals surface area contributed by atoms with Crippen molar-refractivity contribution in [2.24, 2.45) is 0 Å². The first-order valence-corrected chi connectivity index (χ1v) is 9.37. The van der Waals surface area contributed by atoms with E-state index in [-0.39, 0.29) is 5.91 Å². The van der Waals surface area contributed by atoms with E-state index in [4.69, 9.17) is 9.47 Å². The summed E-state index contributed by atoms with van der Waals surface area (Å²) < 4.78 is 10.7. The van der Waals surface area contributed by atoms with Crippen LogP contribution in [0.1, 0.15) is 41.6 Å². The molecule has 2 aromatic rings. The molecular weight excluding hydrogens is 336 g/mol. The minimum atomic E-state index is 0.105. The molecule has 0 N–H and O–H groups in total. The standard InChI is InChI=1S/C19H24N2O3S/c1-12-7-5-6-10-21(12)19(22)17-13(2)20-18(25-17)14-8-9-15(23-3)16(11-14)24-4/h8-9,11-12H,5-7,10H2,1-4H3. The lowest BCUT2D eigenvalue weighted by Crippen LogP contribution is -2.41. The minimum Gasteiger partial charge on any atom is -0.493 e. The third kappa shape index (κ3) is 3.49. The lowest BCUT2D eigenvalue weighted by atomic mass is 10.0. The predicted octanol–water partition coefficient (Wildman–Crippen LogP) is 4.15. The number of carbonyl (C=O) groups is 1. The van der Waals surface area contributed by atoms with Crippen LogP contribution in [-0.4, -0.2) is 42.6 Å². The summed E-state index contributed by atoms with van der Waals surface area (Å²) in [5.74, 6) is 1.44. The van der Waals surface area contributed by atoms with Gasteiger partial charge >= 0.3 is 0 Å². The quantitative estimate of drug-likeness (QED) is 0.822. The van der Waals surface area contributed by atoms with Gasteiger partial charge in [0.25, 0.3) is 5.91 Å². The summed E-state index contributed by atoms with van der Waals surface area (Å²) in [6.07, 6.45) is 3.35. The fraction of sp³-hybridized carbons (Fsp3) is 0.474. The summed E-state index contributed by atoms with van der Waals surface area (Å²) in [5, 5.41) is 0.825. The van der Waals surface area contributed by atoms with Crippen LogP contribution in [0.4, 0.5) is 0 Å². The average molecular weight is 360 g/mol. The van der Waals surface area contributed by atoms with Crippen LogP contribution >= 0.6 is 11.3 Å². The molecule has 134 valence electrons. The molecule has 25 heavy (non-hydrogen) atoms. The second-order valence-electron chi connectivity index (χ2n) is 6.35. The van der Waals surface area contributed by atoms with E-state index >= 15 is 0 Å². The van der Waals surface area contributed by atoms with Gasteiger partial charge in [-0.1, -0.05) is 0 Å². The molecule has 6 heteroatoms. The van der Waals surface area contributed by atoms with Crippen molar-refractivity contribution in [3.63, 3.8) is 0 Å². The first-order chi connectivity index (χ1) is 12.0. The molecule has 1 fully saturated rings. The number of hydrogen-bond donors (Lipinski definition) is 0. The van der Waals surface area contributed by atoms with Crippen molar-refractivity contribution in [2.75, 3.05) is 20.8 Å². The predicted molar refractivity (Wildman–Crippen MR) is 99.7 cm³/mol. The van der Waals surface area contributed by atoms with Crippen LogP contribution in [0.5, 0.6) is 11.5 Å². The second kappa shape index (κ2) is 7.44. The molecule has 1 atom stereocenters. The average Bonchev–Trinajstić information content (AvgIpc) is 3.02. The van der Waals surface area contributed by atoms with Crippen LogP contribution in [0.25, 0.3) is 10.6 Å². The van der Waals surface area contributed by atoms with Crippen LogP contribution in [0, 0.1) is 6.92 Å². The fourth-order valence-electron chi connectivity index (χ4n) is 3.22. The molecule has 1 aliphatic heterocycles. The number of methoxy groups -OCH3 is 2. The lowest BCUT2D eigenvalue weighted by Gasteiger charge is -2.33. The molecule has 0 saturated carbocycles. The Balaban J connectivity index is 1.91. The normalized spacial score (nSPS) is 17.4. The largest absolute Gasteiger partial charge is 0.493 e. The third-order valence-electron chi connectivity index (χ3n) is 4.69. The van der Waals surface area contributed by atoms with Gasteiger partial charge in [0.15, 0.2) is 11.5 Å². The Kier molecular flexibility index (Phi) is 5.27. The number of aromatic nitrogens is 1. The van der Waals surface area contributed by atoms with Crippen molar-refractivity contribution in [3.8, 4) is 22.1 Å².